The highest BCUT2D eigenvalue weighted by Gasteiger charge is 2.26. The minimum absolute atomic E-state index is 0.379. The molecule has 4 heteroatoms. The Hall–Kier alpha value is -0.640. The van der Waals surface area contributed by atoms with Gasteiger partial charge in [0.25, 0.3) is 6.43 Å². The predicted octanol–water partition coefficient (Wildman–Crippen LogP) is 1.45. The van der Waals surface area contributed by atoms with E-state index in [0.29, 0.717) is 13.1 Å². The molecule has 1 aliphatic rings. The molecule has 1 fully saturated rings. The maximum atomic E-state index is 12.3. The Bertz CT molecular complexity index is 182. The smallest absolute Gasteiger partial charge is 0.255 e. The van der Waals surface area contributed by atoms with Crippen LogP contribution in [-0.2, 0) is 0 Å². The van der Waals surface area contributed by atoms with Crippen LogP contribution in [0.4, 0.5) is 8.78 Å². The molecule has 1 rings (SSSR count). The van der Waals surface area contributed by atoms with Crippen molar-refractivity contribution >= 4 is 0 Å². The summed E-state index contributed by atoms with van der Waals surface area (Å²) in [5, 5.41) is 2.79. The molecule has 13 heavy (non-hydrogen) atoms. The minimum Gasteiger partial charge on any atom is -0.372 e. The standard InChI is InChI=1S/C9H16F2N2/c1-3-7(2)13-5-4-12-8(6-13)9(10)11/h8-9,12H,2-6H2,1H3. The Labute approximate surface area is 77.6 Å². The molecule has 1 unspecified atom stereocenters. The third kappa shape index (κ3) is 2.66. The first-order valence-corrected chi connectivity index (χ1v) is 4.59. The Morgan fingerprint density at radius 3 is 2.92 bits per heavy atom. The first-order chi connectivity index (χ1) is 6.15. The second-order valence-corrected chi connectivity index (χ2v) is 3.26. The zero-order chi connectivity index (χ0) is 9.84. The maximum Gasteiger partial charge on any atom is 0.255 e. The van der Waals surface area contributed by atoms with Crippen LogP contribution < -0.4 is 5.32 Å². The van der Waals surface area contributed by atoms with E-state index in [1.807, 2.05) is 11.8 Å². The molecule has 1 atom stereocenters. The number of nitrogens with zero attached hydrogens (tertiary/aromatic N) is 1. The number of nitrogens with one attached hydrogen (secondary N) is 1. The molecular formula is C9H16F2N2. The quantitative estimate of drug-likeness (QED) is 0.724. The Morgan fingerprint density at radius 1 is 1.69 bits per heavy atom. The zero-order valence-corrected chi connectivity index (χ0v) is 7.89. The van der Waals surface area contributed by atoms with Gasteiger partial charge in [-0.25, -0.2) is 8.78 Å². The van der Waals surface area contributed by atoms with Gasteiger partial charge in [-0.1, -0.05) is 13.5 Å². The van der Waals surface area contributed by atoms with Gasteiger partial charge >= 0.3 is 0 Å². The van der Waals surface area contributed by atoms with E-state index in [0.717, 1.165) is 18.7 Å². The summed E-state index contributed by atoms with van der Waals surface area (Å²) in [5.41, 5.74) is 0.951. The fourth-order valence-corrected chi connectivity index (χ4v) is 1.46. The van der Waals surface area contributed by atoms with Crippen molar-refractivity contribution < 1.29 is 8.78 Å². The third-order valence-electron chi connectivity index (χ3n) is 2.36. The number of hydrogen-bond acceptors (Lipinski definition) is 2. The molecule has 0 radical (unpaired) electrons. The van der Waals surface area contributed by atoms with Crippen LogP contribution in [0.25, 0.3) is 0 Å². The molecule has 2 nitrogen and oxygen atoms in total. The van der Waals surface area contributed by atoms with Gasteiger partial charge in [0.15, 0.2) is 0 Å². The molecule has 1 saturated heterocycles. The van der Waals surface area contributed by atoms with E-state index in [2.05, 4.69) is 11.9 Å². The van der Waals surface area contributed by atoms with Crippen molar-refractivity contribution in [1.82, 2.24) is 10.2 Å². The molecular weight excluding hydrogens is 174 g/mol. The lowest BCUT2D eigenvalue weighted by atomic mass is 10.2. The minimum atomic E-state index is -2.28. The molecule has 0 spiro atoms. The van der Waals surface area contributed by atoms with Gasteiger partial charge < -0.3 is 10.2 Å². The maximum absolute atomic E-state index is 12.3. The summed E-state index contributed by atoms with van der Waals surface area (Å²) in [7, 11) is 0. The summed E-state index contributed by atoms with van der Waals surface area (Å²) < 4.78 is 24.7. The summed E-state index contributed by atoms with van der Waals surface area (Å²) in [6.45, 7) is 7.62. The van der Waals surface area contributed by atoms with Crippen molar-refractivity contribution in [2.75, 3.05) is 19.6 Å². The number of piperazine rings is 1. The molecule has 0 amide bonds. The van der Waals surface area contributed by atoms with E-state index in [-0.39, 0.29) is 0 Å². The number of alkyl halides is 2. The van der Waals surface area contributed by atoms with Crippen molar-refractivity contribution in [3.63, 3.8) is 0 Å². The molecule has 0 aromatic heterocycles. The molecule has 0 saturated carbocycles. The van der Waals surface area contributed by atoms with Gasteiger partial charge in [0.2, 0.25) is 0 Å². The van der Waals surface area contributed by atoms with Crippen molar-refractivity contribution in [3.8, 4) is 0 Å². The second-order valence-electron chi connectivity index (χ2n) is 3.26. The second kappa shape index (κ2) is 4.56. The lowest BCUT2D eigenvalue weighted by Gasteiger charge is -2.35. The molecule has 1 heterocycles. The normalized spacial score (nSPS) is 23.7. The summed E-state index contributed by atoms with van der Waals surface area (Å²) in [4.78, 5) is 1.94. The van der Waals surface area contributed by atoms with Crippen molar-refractivity contribution in [2.45, 2.75) is 25.8 Å². The van der Waals surface area contributed by atoms with Crippen molar-refractivity contribution in [1.29, 1.82) is 0 Å². The van der Waals surface area contributed by atoms with Crippen LogP contribution in [0.1, 0.15) is 13.3 Å². The molecule has 1 aliphatic heterocycles. The zero-order valence-electron chi connectivity index (χ0n) is 7.89. The van der Waals surface area contributed by atoms with Crippen LogP contribution in [0.5, 0.6) is 0 Å². The van der Waals surface area contributed by atoms with Crippen LogP contribution in [0.2, 0.25) is 0 Å². The van der Waals surface area contributed by atoms with Gasteiger partial charge in [0, 0.05) is 25.3 Å². The molecule has 0 aromatic carbocycles. The van der Waals surface area contributed by atoms with E-state index < -0.39 is 12.5 Å². The highest BCUT2D eigenvalue weighted by Crippen LogP contribution is 2.13. The van der Waals surface area contributed by atoms with Crippen LogP contribution >= 0.6 is 0 Å². The fourth-order valence-electron chi connectivity index (χ4n) is 1.46. The van der Waals surface area contributed by atoms with Gasteiger partial charge in [-0.15, -0.1) is 0 Å². The van der Waals surface area contributed by atoms with Gasteiger partial charge in [-0.05, 0) is 6.42 Å². The van der Waals surface area contributed by atoms with Gasteiger partial charge in [-0.3, -0.25) is 0 Å². The van der Waals surface area contributed by atoms with Crippen molar-refractivity contribution in [3.05, 3.63) is 12.3 Å². The molecule has 1 N–H and O–H groups in total. The fraction of sp³-hybridized carbons (Fsp3) is 0.778. The van der Waals surface area contributed by atoms with Crippen LogP contribution in [0, 0.1) is 0 Å². The van der Waals surface area contributed by atoms with Crippen LogP contribution in [0.3, 0.4) is 0 Å². The topological polar surface area (TPSA) is 15.3 Å². The molecule has 0 aromatic rings. The van der Waals surface area contributed by atoms with Crippen molar-refractivity contribution in [2.24, 2.45) is 0 Å². The van der Waals surface area contributed by atoms with Crippen LogP contribution in [-0.4, -0.2) is 37.0 Å². The average Bonchev–Trinajstić information content (AvgIpc) is 2.17. The largest absolute Gasteiger partial charge is 0.372 e. The summed E-state index contributed by atoms with van der Waals surface area (Å²) >= 11 is 0. The third-order valence-corrected chi connectivity index (χ3v) is 2.36. The molecule has 0 bridgehead atoms. The first kappa shape index (κ1) is 10.4. The number of halogens is 2. The number of allylic oxidation sites excluding steroid dienone is 1. The van der Waals surface area contributed by atoms with E-state index in [9.17, 15) is 8.78 Å². The lowest BCUT2D eigenvalue weighted by Crippen LogP contribution is -2.53. The highest BCUT2D eigenvalue weighted by atomic mass is 19.3. The van der Waals surface area contributed by atoms with E-state index in [1.165, 1.54) is 0 Å². The monoisotopic (exact) mass is 190 g/mol. The van der Waals surface area contributed by atoms with E-state index >= 15 is 0 Å². The van der Waals surface area contributed by atoms with Gasteiger partial charge in [0.05, 0.1) is 6.04 Å². The number of rotatable bonds is 3. The first-order valence-electron chi connectivity index (χ1n) is 4.59. The predicted molar refractivity (Wildman–Crippen MR) is 48.8 cm³/mol. The van der Waals surface area contributed by atoms with Gasteiger partial charge in [0.1, 0.15) is 0 Å². The highest BCUT2D eigenvalue weighted by molar-refractivity contribution is 4.97. The van der Waals surface area contributed by atoms with E-state index in [4.69, 9.17) is 0 Å². The molecule has 76 valence electrons. The summed E-state index contributed by atoms with van der Waals surface area (Å²) in [6.07, 6.45) is -1.46. The van der Waals surface area contributed by atoms with Crippen LogP contribution in [0.15, 0.2) is 12.3 Å². The van der Waals surface area contributed by atoms with E-state index in [1.54, 1.807) is 0 Å². The Morgan fingerprint density at radius 2 is 2.38 bits per heavy atom. The Balaban J connectivity index is 2.46. The lowest BCUT2D eigenvalue weighted by molar-refractivity contribution is 0.0657. The Kier molecular flexibility index (Phi) is 3.66. The SMILES string of the molecule is C=C(CC)N1CCNC(C(F)F)C1. The average molecular weight is 190 g/mol. The van der Waals surface area contributed by atoms with Gasteiger partial charge in [-0.2, -0.15) is 0 Å². The summed E-state index contributed by atoms with van der Waals surface area (Å²) in [6, 6.07) is -0.697. The summed E-state index contributed by atoms with van der Waals surface area (Å²) in [5.74, 6) is 0. The number of hydrogen-bond donors (Lipinski definition) is 1. The molecule has 0 aliphatic carbocycles.